The summed E-state index contributed by atoms with van der Waals surface area (Å²) in [6.07, 6.45) is 2.11. The van der Waals surface area contributed by atoms with Gasteiger partial charge in [-0.15, -0.1) is 11.8 Å². The number of aryl methyl sites for hydroxylation is 2. The number of aromatic nitrogens is 1. The van der Waals surface area contributed by atoms with Crippen molar-refractivity contribution in [1.82, 2.24) is 4.57 Å². The van der Waals surface area contributed by atoms with Crippen LogP contribution in [0.25, 0.3) is 10.9 Å². The average molecular weight is 191 g/mol. The third-order valence-corrected chi connectivity index (χ3v) is 3.21. The van der Waals surface area contributed by atoms with E-state index in [0.29, 0.717) is 0 Å². The highest BCUT2D eigenvalue weighted by atomic mass is 32.2. The van der Waals surface area contributed by atoms with Crippen LogP contribution in [-0.4, -0.2) is 10.8 Å². The normalized spacial score (nSPS) is 11.0. The zero-order valence-electron chi connectivity index (χ0n) is 8.16. The molecule has 0 saturated carbocycles. The van der Waals surface area contributed by atoms with E-state index < -0.39 is 0 Å². The smallest absolute Gasteiger partial charge is 0.0480 e. The first kappa shape index (κ1) is 8.70. The topological polar surface area (TPSA) is 4.93 Å². The maximum Gasteiger partial charge on any atom is 0.0480 e. The Morgan fingerprint density at radius 2 is 2.00 bits per heavy atom. The quantitative estimate of drug-likeness (QED) is 0.627. The van der Waals surface area contributed by atoms with Gasteiger partial charge in [0.25, 0.3) is 0 Å². The highest BCUT2D eigenvalue weighted by molar-refractivity contribution is 7.98. The van der Waals surface area contributed by atoms with Crippen LogP contribution in [0.3, 0.4) is 0 Å². The molecule has 13 heavy (non-hydrogen) atoms. The van der Waals surface area contributed by atoms with Gasteiger partial charge in [0.1, 0.15) is 0 Å². The Morgan fingerprint density at radius 1 is 1.23 bits per heavy atom. The van der Waals surface area contributed by atoms with Crippen LogP contribution in [0.15, 0.2) is 29.2 Å². The van der Waals surface area contributed by atoms with Crippen molar-refractivity contribution >= 4 is 22.7 Å². The summed E-state index contributed by atoms with van der Waals surface area (Å²) in [5.41, 5.74) is 2.63. The van der Waals surface area contributed by atoms with E-state index in [0.717, 1.165) is 0 Å². The minimum absolute atomic E-state index is 1.31. The minimum Gasteiger partial charge on any atom is -0.348 e. The van der Waals surface area contributed by atoms with Crippen molar-refractivity contribution in [3.8, 4) is 0 Å². The summed E-state index contributed by atoms with van der Waals surface area (Å²) in [6.45, 7) is 2.14. The van der Waals surface area contributed by atoms with Gasteiger partial charge in [-0.1, -0.05) is 0 Å². The maximum atomic E-state index is 2.24. The van der Waals surface area contributed by atoms with Gasteiger partial charge in [-0.25, -0.2) is 0 Å². The first-order valence-electron chi connectivity index (χ1n) is 4.32. The Morgan fingerprint density at radius 3 is 2.69 bits per heavy atom. The van der Waals surface area contributed by atoms with Crippen LogP contribution in [0, 0.1) is 6.92 Å². The highest BCUT2D eigenvalue weighted by Crippen LogP contribution is 2.23. The third kappa shape index (κ3) is 1.35. The van der Waals surface area contributed by atoms with Gasteiger partial charge >= 0.3 is 0 Å². The number of nitrogens with zero attached hydrogens (tertiary/aromatic N) is 1. The van der Waals surface area contributed by atoms with Crippen LogP contribution in [0.5, 0.6) is 0 Å². The Labute approximate surface area is 82.8 Å². The van der Waals surface area contributed by atoms with E-state index in [1.807, 2.05) is 0 Å². The monoisotopic (exact) mass is 191 g/mol. The standard InChI is InChI=1S/C11H13NS/c1-8-6-9-7-10(13-3)4-5-11(9)12(8)2/h4-7H,1-3H3. The summed E-state index contributed by atoms with van der Waals surface area (Å²) in [5.74, 6) is 0. The third-order valence-electron chi connectivity index (χ3n) is 2.49. The second-order valence-electron chi connectivity index (χ2n) is 3.27. The minimum atomic E-state index is 1.31. The fourth-order valence-electron chi connectivity index (χ4n) is 1.59. The van der Waals surface area contributed by atoms with E-state index in [1.165, 1.54) is 21.5 Å². The van der Waals surface area contributed by atoms with E-state index in [2.05, 4.69) is 49.1 Å². The number of hydrogen-bond acceptors (Lipinski definition) is 1. The SMILES string of the molecule is CSc1ccc2c(c1)cc(C)n2C. The molecule has 2 rings (SSSR count). The largest absolute Gasteiger partial charge is 0.348 e. The summed E-state index contributed by atoms with van der Waals surface area (Å²) in [5, 5.41) is 1.34. The van der Waals surface area contributed by atoms with E-state index in [-0.39, 0.29) is 0 Å². The van der Waals surface area contributed by atoms with E-state index in [1.54, 1.807) is 11.8 Å². The second kappa shape index (κ2) is 3.11. The summed E-state index contributed by atoms with van der Waals surface area (Å²) in [7, 11) is 2.11. The molecule has 1 aromatic heterocycles. The van der Waals surface area contributed by atoms with Gasteiger partial charge in [0.05, 0.1) is 0 Å². The van der Waals surface area contributed by atoms with E-state index in [4.69, 9.17) is 0 Å². The fraction of sp³-hybridized carbons (Fsp3) is 0.273. The zero-order valence-corrected chi connectivity index (χ0v) is 8.98. The van der Waals surface area contributed by atoms with Crippen molar-refractivity contribution in [2.24, 2.45) is 7.05 Å². The first-order chi connectivity index (χ1) is 6.22. The molecule has 68 valence electrons. The molecule has 0 aliphatic heterocycles. The predicted octanol–water partition coefficient (Wildman–Crippen LogP) is 3.21. The van der Waals surface area contributed by atoms with Gasteiger partial charge in [0, 0.05) is 28.5 Å². The van der Waals surface area contributed by atoms with Gasteiger partial charge in [-0.2, -0.15) is 0 Å². The lowest BCUT2D eigenvalue weighted by Gasteiger charge is -1.99. The molecule has 0 N–H and O–H groups in total. The number of fused-ring (bicyclic) bond motifs is 1. The molecular weight excluding hydrogens is 178 g/mol. The van der Waals surface area contributed by atoms with Crippen LogP contribution in [-0.2, 0) is 7.05 Å². The molecular formula is C11H13NS. The average Bonchev–Trinajstić information content (AvgIpc) is 2.42. The lowest BCUT2D eigenvalue weighted by Crippen LogP contribution is -1.88. The molecule has 1 nitrogen and oxygen atoms in total. The number of thioether (sulfide) groups is 1. The summed E-state index contributed by atoms with van der Waals surface area (Å²) < 4.78 is 2.22. The number of rotatable bonds is 1. The summed E-state index contributed by atoms with van der Waals surface area (Å²) >= 11 is 1.79. The second-order valence-corrected chi connectivity index (χ2v) is 4.15. The highest BCUT2D eigenvalue weighted by Gasteiger charge is 2.01. The van der Waals surface area contributed by atoms with Gasteiger partial charge < -0.3 is 4.57 Å². The molecule has 0 bridgehead atoms. The molecule has 0 radical (unpaired) electrons. The van der Waals surface area contributed by atoms with Gasteiger partial charge in [0.2, 0.25) is 0 Å². The van der Waals surface area contributed by atoms with E-state index in [9.17, 15) is 0 Å². The predicted molar refractivity (Wildman–Crippen MR) is 59.4 cm³/mol. The molecule has 2 heteroatoms. The Balaban J connectivity index is 2.73. The molecule has 0 amide bonds. The fourth-order valence-corrected chi connectivity index (χ4v) is 2.04. The molecule has 0 unspecified atom stereocenters. The van der Waals surface area contributed by atoms with E-state index >= 15 is 0 Å². The number of hydrogen-bond donors (Lipinski definition) is 0. The summed E-state index contributed by atoms with van der Waals surface area (Å²) in [6, 6.07) is 8.84. The molecule has 0 spiro atoms. The molecule has 0 atom stereocenters. The maximum absolute atomic E-state index is 2.24. The van der Waals surface area contributed by atoms with Crippen molar-refractivity contribution < 1.29 is 0 Å². The van der Waals surface area contributed by atoms with Crippen LogP contribution in [0.1, 0.15) is 5.69 Å². The Hall–Kier alpha value is -0.890. The molecule has 1 heterocycles. The van der Waals surface area contributed by atoms with Gasteiger partial charge in [0.15, 0.2) is 0 Å². The molecule has 1 aromatic carbocycles. The van der Waals surface area contributed by atoms with Crippen LogP contribution >= 0.6 is 11.8 Å². The zero-order chi connectivity index (χ0) is 9.42. The first-order valence-corrected chi connectivity index (χ1v) is 5.55. The molecule has 0 fully saturated rings. The Kier molecular flexibility index (Phi) is 2.08. The van der Waals surface area contributed by atoms with Crippen molar-refractivity contribution in [3.05, 3.63) is 30.0 Å². The molecule has 0 aliphatic carbocycles. The summed E-state index contributed by atoms with van der Waals surface area (Å²) in [4.78, 5) is 1.33. The molecule has 0 saturated heterocycles. The van der Waals surface area contributed by atoms with Crippen molar-refractivity contribution in [1.29, 1.82) is 0 Å². The molecule has 2 aromatic rings. The van der Waals surface area contributed by atoms with Crippen LogP contribution in [0.4, 0.5) is 0 Å². The number of benzene rings is 1. The lowest BCUT2D eigenvalue weighted by atomic mass is 10.2. The Bertz CT molecular complexity index is 443. The van der Waals surface area contributed by atoms with Crippen LogP contribution < -0.4 is 0 Å². The molecule has 0 aliphatic rings. The lowest BCUT2D eigenvalue weighted by molar-refractivity contribution is 0.918. The van der Waals surface area contributed by atoms with Gasteiger partial charge in [-0.05, 0) is 37.4 Å². The van der Waals surface area contributed by atoms with Crippen LogP contribution in [0.2, 0.25) is 0 Å². The van der Waals surface area contributed by atoms with Crippen molar-refractivity contribution in [2.45, 2.75) is 11.8 Å². The van der Waals surface area contributed by atoms with Crippen molar-refractivity contribution in [2.75, 3.05) is 6.26 Å². The van der Waals surface area contributed by atoms with Gasteiger partial charge in [-0.3, -0.25) is 0 Å². The van der Waals surface area contributed by atoms with Crippen molar-refractivity contribution in [3.63, 3.8) is 0 Å².